The molecule has 18 heavy (non-hydrogen) atoms. The fourth-order valence-corrected chi connectivity index (χ4v) is 1.23. The van der Waals surface area contributed by atoms with Gasteiger partial charge in [0.1, 0.15) is 11.6 Å². The zero-order chi connectivity index (χ0) is 12.8. The summed E-state index contributed by atoms with van der Waals surface area (Å²) >= 11 is 0. The van der Waals surface area contributed by atoms with Crippen LogP contribution in [-0.2, 0) is 4.79 Å². The number of halogens is 1. The minimum Gasteiger partial charge on any atom is -0.484 e. The highest BCUT2D eigenvalue weighted by molar-refractivity contribution is 5.90. The first kappa shape index (κ1) is 12.0. The number of aromatic nitrogens is 2. The number of hydrogen-bond acceptors (Lipinski definition) is 4. The maximum absolute atomic E-state index is 12.8. The number of amides is 1. The molecule has 0 saturated carbocycles. The van der Waals surface area contributed by atoms with Crippen LogP contribution in [0, 0.1) is 5.82 Å². The van der Waals surface area contributed by atoms with E-state index in [1.165, 1.54) is 30.6 Å². The Morgan fingerprint density at radius 3 is 2.78 bits per heavy atom. The number of hydrogen-bond donors (Lipinski definition) is 1. The number of carbonyl (C=O) groups is 1. The molecule has 2 aromatic rings. The van der Waals surface area contributed by atoms with E-state index in [2.05, 4.69) is 15.3 Å². The number of ether oxygens (including phenoxy) is 1. The van der Waals surface area contributed by atoms with E-state index in [0.717, 1.165) is 0 Å². The fraction of sp³-hybridized carbons (Fsp3) is 0.0833. The Morgan fingerprint density at radius 1 is 1.28 bits per heavy atom. The molecule has 0 aliphatic heterocycles. The van der Waals surface area contributed by atoms with Crippen molar-refractivity contribution in [1.29, 1.82) is 0 Å². The second-order valence-electron chi connectivity index (χ2n) is 3.37. The molecule has 0 unspecified atom stereocenters. The minimum atomic E-state index is -0.417. The molecule has 0 spiro atoms. The number of carbonyl (C=O) groups excluding carboxylic acids is 1. The summed E-state index contributed by atoms with van der Waals surface area (Å²) in [5, 5.41) is 2.45. The Labute approximate surface area is 103 Å². The lowest BCUT2D eigenvalue weighted by Gasteiger charge is -2.06. The van der Waals surface area contributed by atoms with Gasteiger partial charge in [-0.15, -0.1) is 0 Å². The van der Waals surface area contributed by atoms with Crippen LogP contribution in [0.2, 0.25) is 0 Å². The van der Waals surface area contributed by atoms with Crippen molar-refractivity contribution in [2.75, 3.05) is 11.9 Å². The Hall–Kier alpha value is -2.50. The van der Waals surface area contributed by atoms with Gasteiger partial charge in [0.25, 0.3) is 5.91 Å². The molecule has 1 aromatic heterocycles. The quantitative estimate of drug-likeness (QED) is 0.891. The lowest BCUT2D eigenvalue weighted by Crippen LogP contribution is -2.21. The van der Waals surface area contributed by atoms with Crippen LogP contribution in [0.1, 0.15) is 0 Å². The first-order chi connectivity index (χ1) is 8.74. The first-order valence-electron chi connectivity index (χ1n) is 5.19. The molecule has 2 rings (SSSR count). The van der Waals surface area contributed by atoms with Crippen LogP contribution in [0.25, 0.3) is 0 Å². The summed E-state index contributed by atoms with van der Waals surface area (Å²) in [6.07, 6.45) is 3.02. The molecule has 1 heterocycles. The smallest absolute Gasteiger partial charge is 0.264 e. The van der Waals surface area contributed by atoms with Crippen LogP contribution in [0.15, 0.2) is 42.7 Å². The Kier molecular flexibility index (Phi) is 3.80. The van der Waals surface area contributed by atoms with E-state index in [9.17, 15) is 9.18 Å². The lowest BCUT2D eigenvalue weighted by atomic mass is 10.3. The molecule has 5 nitrogen and oxygen atoms in total. The van der Waals surface area contributed by atoms with Gasteiger partial charge in [-0.1, -0.05) is 6.07 Å². The molecule has 1 N–H and O–H groups in total. The monoisotopic (exact) mass is 247 g/mol. The van der Waals surface area contributed by atoms with Gasteiger partial charge in [-0.05, 0) is 18.2 Å². The zero-order valence-corrected chi connectivity index (χ0v) is 9.34. The molecule has 0 atom stereocenters. The summed E-state index contributed by atoms with van der Waals surface area (Å²) in [6.45, 7) is -0.234. The van der Waals surface area contributed by atoms with Crippen LogP contribution in [0.4, 0.5) is 10.3 Å². The normalized spacial score (nSPS) is 9.83. The van der Waals surface area contributed by atoms with Crippen LogP contribution >= 0.6 is 0 Å². The highest BCUT2D eigenvalue weighted by Gasteiger charge is 2.05. The number of anilines is 1. The Bertz CT molecular complexity index is 534. The second kappa shape index (κ2) is 5.72. The number of nitrogens with one attached hydrogen (secondary N) is 1. The second-order valence-corrected chi connectivity index (χ2v) is 3.37. The first-order valence-corrected chi connectivity index (χ1v) is 5.19. The number of rotatable bonds is 4. The molecule has 0 bridgehead atoms. The van der Waals surface area contributed by atoms with Gasteiger partial charge in [0, 0.05) is 18.5 Å². The standard InChI is InChI=1S/C12H10FN3O2/c13-9-3-1-4-10(7-9)18-8-11(17)16-12-14-5-2-6-15-12/h1-7H,8H2,(H,14,15,16,17). The summed E-state index contributed by atoms with van der Waals surface area (Å²) in [7, 11) is 0. The van der Waals surface area contributed by atoms with Gasteiger partial charge >= 0.3 is 0 Å². The van der Waals surface area contributed by atoms with Crippen molar-refractivity contribution in [2.24, 2.45) is 0 Å². The number of nitrogens with zero attached hydrogens (tertiary/aromatic N) is 2. The van der Waals surface area contributed by atoms with E-state index in [-0.39, 0.29) is 12.6 Å². The largest absolute Gasteiger partial charge is 0.484 e. The van der Waals surface area contributed by atoms with Crippen molar-refractivity contribution >= 4 is 11.9 Å². The van der Waals surface area contributed by atoms with Crippen molar-refractivity contribution in [3.05, 3.63) is 48.5 Å². The van der Waals surface area contributed by atoms with E-state index in [0.29, 0.717) is 5.75 Å². The molecule has 0 aliphatic carbocycles. The molecule has 0 saturated heterocycles. The fourth-order valence-electron chi connectivity index (χ4n) is 1.23. The van der Waals surface area contributed by atoms with Crippen molar-refractivity contribution < 1.29 is 13.9 Å². The molecule has 1 aromatic carbocycles. The lowest BCUT2D eigenvalue weighted by molar-refractivity contribution is -0.118. The van der Waals surface area contributed by atoms with Crippen molar-refractivity contribution in [2.45, 2.75) is 0 Å². The predicted octanol–water partition coefficient (Wildman–Crippen LogP) is 1.63. The topological polar surface area (TPSA) is 64.1 Å². The Balaban J connectivity index is 1.85. The van der Waals surface area contributed by atoms with Crippen LogP contribution in [0.5, 0.6) is 5.75 Å². The summed E-state index contributed by atoms with van der Waals surface area (Å²) in [4.78, 5) is 19.1. The third kappa shape index (κ3) is 3.51. The van der Waals surface area contributed by atoms with Crippen LogP contribution in [-0.4, -0.2) is 22.5 Å². The predicted molar refractivity (Wildman–Crippen MR) is 62.6 cm³/mol. The maximum Gasteiger partial charge on any atom is 0.264 e. The minimum absolute atomic E-state index is 0.199. The average Bonchev–Trinajstić information content (AvgIpc) is 2.38. The SMILES string of the molecule is O=C(COc1cccc(F)c1)Nc1ncccn1. The summed E-state index contributed by atoms with van der Waals surface area (Å²) in [6, 6.07) is 7.20. The summed E-state index contributed by atoms with van der Waals surface area (Å²) < 4.78 is 18.0. The van der Waals surface area contributed by atoms with E-state index in [1.54, 1.807) is 12.1 Å². The number of benzene rings is 1. The highest BCUT2D eigenvalue weighted by atomic mass is 19.1. The molecule has 1 amide bonds. The molecular formula is C12H10FN3O2. The van der Waals surface area contributed by atoms with Gasteiger partial charge in [-0.2, -0.15) is 0 Å². The molecule has 0 fully saturated rings. The van der Waals surface area contributed by atoms with Gasteiger partial charge in [-0.3, -0.25) is 10.1 Å². The van der Waals surface area contributed by atoms with E-state index in [1.807, 2.05) is 0 Å². The van der Waals surface area contributed by atoms with E-state index >= 15 is 0 Å². The van der Waals surface area contributed by atoms with Crippen LogP contribution < -0.4 is 10.1 Å². The third-order valence-corrected chi connectivity index (χ3v) is 1.98. The maximum atomic E-state index is 12.8. The van der Waals surface area contributed by atoms with Crippen LogP contribution in [0.3, 0.4) is 0 Å². The summed E-state index contributed by atoms with van der Waals surface area (Å²) in [5.74, 6) is -0.339. The molecule has 92 valence electrons. The molecule has 0 radical (unpaired) electrons. The Morgan fingerprint density at radius 2 is 2.06 bits per heavy atom. The molecule has 6 heteroatoms. The van der Waals surface area contributed by atoms with Gasteiger partial charge < -0.3 is 4.74 Å². The highest BCUT2D eigenvalue weighted by Crippen LogP contribution is 2.11. The van der Waals surface area contributed by atoms with E-state index in [4.69, 9.17) is 4.74 Å². The molecule has 0 aliphatic rings. The zero-order valence-electron chi connectivity index (χ0n) is 9.34. The van der Waals surface area contributed by atoms with Gasteiger partial charge in [0.15, 0.2) is 6.61 Å². The van der Waals surface area contributed by atoms with Gasteiger partial charge in [0.05, 0.1) is 0 Å². The average molecular weight is 247 g/mol. The van der Waals surface area contributed by atoms with Crippen molar-refractivity contribution in [1.82, 2.24) is 9.97 Å². The van der Waals surface area contributed by atoms with Crippen molar-refractivity contribution in [3.63, 3.8) is 0 Å². The van der Waals surface area contributed by atoms with Gasteiger partial charge in [0.2, 0.25) is 5.95 Å². The molecular weight excluding hydrogens is 237 g/mol. The van der Waals surface area contributed by atoms with E-state index < -0.39 is 11.7 Å². The summed E-state index contributed by atoms with van der Waals surface area (Å²) in [5.41, 5.74) is 0. The third-order valence-electron chi connectivity index (χ3n) is 1.98. The van der Waals surface area contributed by atoms with Gasteiger partial charge in [-0.25, -0.2) is 14.4 Å². The van der Waals surface area contributed by atoms with Crippen molar-refractivity contribution in [3.8, 4) is 5.75 Å².